The fourth-order valence-electron chi connectivity index (χ4n) is 2.95. The van der Waals surface area contributed by atoms with Crippen molar-refractivity contribution in [1.82, 2.24) is 5.32 Å². The van der Waals surface area contributed by atoms with E-state index in [0.29, 0.717) is 18.5 Å². The van der Waals surface area contributed by atoms with E-state index in [-0.39, 0.29) is 23.3 Å². The van der Waals surface area contributed by atoms with Crippen molar-refractivity contribution in [2.75, 3.05) is 18.1 Å². The smallest absolute Gasteiger partial charge is 0.252 e. The highest BCUT2D eigenvalue weighted by atomic mass is 32.2. The average molecular weight is 349 g/mol. The maximum Gasteiger partial charge on any atom is 0.252 e. The molecule has 0 radical (unpaired) electrons. The van der Waals surface area contributed by atoms with Crippen molar-refractivity contribution in [2.45, 2.75) is 13.3 Å². The van der Waals surface area contributed by atoms with Gasteiger partial charge in [-0.1, -0.05) is 30.3 Å². The van der Waals surface area contributed by atoms with Gasteiger partial charge in [0.15, 0.2) is 9.84 Å². The first kappa shape index (κ1) is 16.2. The Kier molecular flexibility index (Phi) is 4.55. The Balaban J connectivity index is 1.74. The molecular formula is C17H19NO3S2. The molecule has 1 aliphatic rings. The molecule has 1 N–H and O–H groups in total. The van der Waals surface area contributed by atoms with Gasteiger partial charge < -0.3 is 5.32 Å². The molecule has 122 valence electrons. The van der Waals surface area contributed by atoms with Gasteiger partial charge in [-0.15, -0.1) is 11.3 Å². The minimum absolute atomic E-state index is 0.0313. The number of sulfone groups is 1. The van der Waals surface area contributed by atoms with Gasteiger partial charge in [0, 0.05) is 22.4 Å². The lowest BCUT2D eigenvalue weighted by Gasteiger charge is -2.11. The van der Waals surface area contributed by atoms with E-state index in [1.807, 2.05) is 42.6 Å². The van der Waals surface area contributed by atoms with Gasteiger partial charge in [0.1, 0.15) is 0 Å². The summed E-state index contributed by atoms with van der Waals surface area (Å²) in [5.74, 6) is 0.323. The van der Waals surface area contributed by atoms with Crippen molar-refractivity contribution in [2.24, 2.45) is 5.92 Å². The monoisotopic (exact) mass is 349 g/mol. The Bertz CT molecular complexity index is 810. The Morgan fingerprint density at radius 2 is 2.04 bits per heavy atom. The Morgan fingerprint density at radius 1 is 1.30 bits per heavy atom. The van der Waals surface area contributed by atoms with Crippen LogP contribution in [-0.2, 0) is 9.84 Å². The lowest BCUT2D eigenvalue weighted by atomic mass is 10.0. The summed E-state index contributed by atoms with van der Waals surface area (Å²) < 4.78 is 23.0. The third-order valence-electron chi connectivity index (χ3n) is 4.16. The van der Waals surface area contributed by atoms with Crippen LogP contribution in [0.15, 0.2) is 35.7 Å². The van der Waals surface area contributed by atoms with Crippen LogP contribution >= 0.6 is 11.3 Å². The van der Waals surface area contributed by atoms with Gasteiger partial charge in [-0.25, -0.2) is 8.42 Å². The fourth-order valence-corrected chi connectivity index (χ4v) is 5.68. The number of benzene rings is 1. The Morgan fingerprint density at radius 3 is 2.70 bits per heavy atom. The number of aryl methyl sites for hydroxylation is 1. The highest BCUT2D eigenvalue weighted by Gasteiger charge is 2.28. The van der Waals surface area contributed by atoms with Crippen molar-refractivity contribution in [3.05, 3.63) is 46.2 Å². The second-order valence-electron chi connectivity index (χ2n) is 5.93. The first-order valence-corrected chi connectivity index (χ1v) is 10.3. The third kappa shape index (κ3) is 3.64. The first-order chi connectivity index (χ1) is 11.0. The van der Waals surface area contributed by atoms with Gasteiger partial charge in [-0.05, 0) is 24.8 Å². The SMILES string of the molecule is Cc1scc(C(=O)NC[C@H]2CCS(=O)(=O)C2)c1-c1ccccc1. The van der Waals surface area contributed by atoms with Crippen molar-refractivity contribution in [3.63, 3.8) is 0 Å². The summed E-state index contributed by atoms with van der Waals surface area (Å²) in [7, 11) is -2.90. The molecule has 1 amide bonds. The third-order valence-corrected chi connectivity index (χ3v) is 6.91. The van der Waals surface area contributed by atoms with Crippen LogP contribution in [0.2, 0.25) is 0 Å². The predicted octanol–water partition coefficient (Wildman–Crippen LogP) is 2.89. The number of hydrogen-bond donors (Lipinski definition) is 1. The molecule has 23 heavy (non-hydrogen) atoms. The van der Waals surface area contributed by atoms with Crippen LogP contribution in [-0.4, -0.2) is 32.4 Å². The molecule has 1 aromatic heterocycles. The summed E-state index contributed by atoms with van der Waals surface area (Å²) in [4.78, 5) is 13.6. The molecule has 0 spiro atoms. The summed E-state index contributed by atoms with van der Waals surface area (Å²) in [6.45, 7) is 2.43. The number of carbonyl (C=O) groups is 1. The summed E-state index contributed by atoms with van der Waals surface area (Å²) in [6.07, 6.45) is 0.636. The van der Waals surface area contributed by atoms with Crippen molar-refractivity contribution in [1.29, 1.82) is 0 Å². The van der Waals surface area contributed by atoms with E-state index in [9.17, 15) is 13.2 Å². The maximum absolute atomic E-state index is 12.5. The zero-order chi connectivity index (χ0) is 16.4. The van der Waals surface area contributed by atoms with Crippen LogP contribution in [0.25, 0.3) is 11.1 Å². The number of nitrogens with one attached hydrogen (secondary N) is 1. The molecule has 4 nitrogen and oxygen atoms in total. The number of rotatable bonds is 4. The van der Waals surface area contributed by atoms with Gasteiger partial charge in [-0.3, -0.25) is 4.79 Å². The standard InChI is InChI=1S/C17H19NO3S2/c1-12-16(14-5-3-2-4-6-14)15(10-22-12)17(19)18-9-13-7-8-23(20,21)11-13/h2-6,10,13H,7-9,11H2,1H3,(H,18,19)/t13-/m1/s1. The Labute approximate surface area is 140 Å². The normalized spacial score (nSPS) is 19.6. The highest BCUT2D eigenvalue weighted by molar-refractivity contribution is 7.91. The van der Waals surface area contributed by atoms with Gasteiger partial charge >= 0.3 is 0 Å². The maximum atomic E-state index is 12.5. The van der Waals surface area contributed by atoms with E-state index in [0.717, 1.165) is 16.0 Å². The molecule has 6 heteroatoms. The molecule has 0 unspecified atom stereocenters. The van der Waals surface area contributed by atoms with Crippen molar-refractivity contribution >= 4 is 27.1 Å². The minimum atomic E-state index is -2.90. The summed E-state index contributed by atoms with van der Waals surface area (Å²) in [6, 6.07) is 9.85. The van der Waals surface area contributed by atoms with E-state index in [4.69, 9.17) is 0 Å². The minimum Gasteiger partial charge on any atom is -0.352 e. The topological polar surface area (TPSA) is 63.2 Å². The van der Waals surface area contributed by atoms with Crippen molar-refractivity contribution in [3.8, 4) is 11.1 Å². The van der Waals surface area contributed by atoms with Gasteiger partial charge in [0.2, 0.25) is 0 Å². The number of carbonyl (C=O) groups excluding carboxylic acids is 1. The van der Waals surface area contributed by atoms with E-state index < -0.39 is 9.84 Å². The second-order valence-corrected chi connectivity index (χ2v) is 9.24. The molecule has 1 atom stereocenters. The lowest BCUT2D eigenvalue weighted by molar-refractivity contribution is 0.0949. The number of amides is 1. The van der Waals surface area contributed by atoms with Gasteiger partial charge in [0.05, 0.1) is 17.1 Å². The number of hydrogen-bond acceptors (Lipinski definition) is 4. The molecule has 1 saturated heterocycles. The molecular weight excluding hydrogens is 330 g/mol. The molecule has 3 rings (SSSR count). The average Bonchev–Trinajstić information content (AvgIpc) is 3.08. The largest absolute Gasteiger partial charge is 0.352 e. The molecule has 0 aliphatic carbocycles. The fraction of sp³-hybridized carbons (Fsp3) is 0.353. The molecule has 2 aromatic rings. The highest BCUT2D eigenvalue weighted by Crippen LogP contribution is 2.32. The van der Waals surface area contributed by atoms with Crippen LogP contribution in [0.1, 0.15) is 21.7 Å². The van der Waals surface area contributed by atoms with Crippen molar-refractivity contribution < 1.29 is 13.2 Å². The molecule has 1 aliphatic heterocycles. The van der Waals surface area contributed by atoms with Crippen LogP contribution < -0.4 is 5.32 Å². The zero-order valence-electron chi connectivity index (χ0n) is 12.9. The second kappa shape index (κ2) is 6.45. The van der Waals surface area contributed by atoms with Crippen LogP contribution in [0, 0.1) is 12.8 Å². The summed E-state index contributed by atoms with van der Waals surface area (Å²) >= 11 is 1.56. The number of thiophene rings is 1. The Hall–Kier alpha value is -1.66. The zero-order valence-corrected chi connectivity index (χ0v) is 14.5. The molecule has 1 fully saturated rings. The van der Waals surface area contributed by atoms with E-state index >= 15 is 0 Å². The molecule has 0 bridgehead atoms. The van der Waals surface area contributed by atoms with Gasteiger partial charge in [-0.2, -0.15) is 0 Å². The van der Waals surface area contributed by atoms with E-state index in [2.05, 4.69) is 5.32 Å². The molecule has 0 saturated carbocycles. The first-order valence-electron chi connectivity index (χ1n) is 7.58. The lowest BCUT2D eigenvalue weighted by Crippen LogP contribution is -2.29. The van der Waals surface area contributed by atoms with Crippen LogP contribution in [0.3, 0.4) is 0 Å². The van der Waals surface area contributed by atoms with Crippen LogP contribution in [0.4, 0.5) is 0 Å². The van der Waals surface area contributed by atoms with E-state index in [1.54, 1.807) is 11.3 Å². The molecule has 1 aromatic carbocycles. The quantitative estimate of drug-likeness (QED) is 0.923. The van der Waals surface area contributed by atoms with E-state index in [1.165, 1.54) is 0 Å². The summed E-state index contributed by atoms with van der Waals surface area (Å²) in [5, 5.41) is 4.78. The van der Waals surface area contributed by atoms with Crippen LogP contribution in [0.5, 0.6) is 0 Å². The summed E-state index contributed by atoms with van der Waals surface area (Å²) in [5.41, 5.74) is 2.66. The molecule has 2 heterocycles. The predicted molar refractivity (Wildman–Crippen MR) is 93.6 cm³/mol. The van der Waals surface area contributed by atoms with Gasteiger partial charge in [0.25, 0.3) is 5.91 Å².